The SMILES string of the molecule is Cc1cccc(CCNc2cc(Br)c(F)cc2[N+](=O)[O-])c1. The van der Waals surface area contributed by atoms with Crippen molar-refractivity contribution in [1.82, 2.24) is 0 Å². The number of nitrogens with one attached hydrogen (secondary N) is 1. The first kappa shape index (κ1) is 15.4. The minimum Gasteiger partial charge on any atom is -0.379 e. The normalized spacial score (nSPS) is 10.4. The van der Waals surface area contributed by atoms with Gasteiger partial charge in [-0.15, -0.1) is 0 Å². The molecule has 21 heavy (non-hydrogen) atoms. The van der Waals surface area contributed by atoms with E-state index < -0.39 is 10.7 Å². The van der Waals surface area contributed by atoms with Crippen LogP contribution in [0.5, 0.6) is 0 Å². The minimum atomic E-state index is -0.647. The van der Waals surface area contributed by atoms with Crippen LogP contribution in [0.4, 0.5) is 15.8 Å². The molecular weight excluding hydrogens is 339 g/mol. The summed E-state index contributed by atoms with van der Waals surface area (Å²) in [6.07, 6.45) is 0.730. The highest BCUT2D eigenvalue weighted by molar-refractivity contribution is 9.10. The summed E-state index contributed by atoms with van der Waals surface area (Å²) in [7, 11) is 0. The molecule has 110 valence electrons. The number of hydrogen-bond donors (Lipinski definition) is 1. The lowest BCUT2D eigenvalue weighted by Gasteiger charge is -2.08. The van der Waals surface area contributed by atoms with Crippen molar-refractivity contribution < 1.29 is 9.31 Å². The molecule has 0 unspecified atom stereocenters. The highest BCUT2D eigenvalue weighted by Crippen LogP contribution is 2.30. The molecule has 1 N–H and O–H groups in total. The lowest BCUT2D eigenvalue weighted by Crippen LogP contribution is -2.07. The van der Waals surface area contributed by atoms with Gasteiger partial charge in [-0.2, -0.15) is 0 Å². The van der Waals surface area contributed by atoms with Crippen molar-refractivity contribution in [2.24, 2.45) is 0 Å². The van der Waals surface area contributed by atoms with Gasteiger partial charge in [-0.25, -0.2) is 4.39 Å². The van der Waals surface area contributed by atoms with Crippen LogP contribution >= 0.6 is 15.9 Å². The molecule has 0 atom stereocenters. The maximum atomic E-state index is 13.4. The molecule has 0 amide bonds. The number of hydrogen-bond acceptors (Lipinski definition) is 3. The van der Waals surface area contributed by atoms with E-state index >= 15 is 0 Å². The molecule has 2 aromatic carbocycles. The summed E-state index contributed by atoms with van der Waals surface area (Å²) < 4.78 is 13.6. The van der Waals surface area contributed by atoms with Gasteiger partial charge in [0.05, 0.1) is 15.5 Å². The first-order valence-electron chi connectivity index (χ1n) is 6.40. The second-order valence-electron chi connectivity index (χ2n) is 4.71. The zero-order valence-corrected chi connectivity index (χ0v) is 13.0. The third-order valence-electron chi connectivity index (χ3n) is 3.05. The van der Waals surface area contributed by atoms with Crippen molar-refractivity contribution in [3.8, 4) is 0 Å². The predicted molar refractivity (Wildman–Crippen MR) is 84.1 cm³/mol. The Hall–Kier alpha value is -1.95. The first-order chi connectivity index (χ1) is 9.97. The number of nitro groups is 1. The van der Waals surface area contributed by atoms with Gasteiger partial charge in [0.1, 0.15) is 11.5 Å². The lowest BCUT2D eigenvalue weighted by molar-refractivity contribution is -0.384. The van der Waals surface area contributed by atoms with Crippen molar-refractivity contribution in [3.63, 3.8) is 0 Å². The molecule has 0 aromatic heterocycles. The summed E-state index contributed by atoms with van der Waals surface area (Å²) in [4.78, 5) is 10.4. The quantitative estimate of drug-likeness (QED) is 0.638. The molecule has 0 spiro atoms. The zero-order valence-electron chi connectivity index (χ0n) is 11.4. The monoisotopic (exact) mass is 352 g/mol. The van der Waals surface area contributed by atoms with Gasteiger partial charge >= 0.3 is 0 Å². The average Bonchev–Trinajstić information content (AvgIpc) is 2.42. The Labute approximate surface area is 130 Å². The third-order valence-corrected chi connectivity index (χ3v) is 3.65. The van der Waals surface area contributed by atoms with E-state index in [-0.39, 0.29) is 10.2 Å². The van der Waals surface area contributed by atoms with Crippen molar-refractivity contribution in [2.45, 2.75) is 13.3 Å². The fraction of sp³-hybridized carbons (Fsp3) is 0.200. The Morgan fingerprint density at radius 1 is 1.33 bits per heavy atom. The summed E-state index contributed by atoms with van der Waals surface area (Å²) >= 11 is 3.04. The number of nitrogens with zero attached hydrogens (tertiary/aromatic N) is 1. The van der Waals surface area contributed by atoms with Crippen LogP contribution in [0, 0.1) is 22.9 Å². The van der Waals surface area contributed by atoms with E-state index in [9.17, 15) is 14.5 Å². The molecule has 0 radical (unpaired) electrons. The highest BCUT2D eigenvalue weighted by atomic mass is 79.9. The second kappa shape index (κ2) is 6.67. The standard InChI is InChI=1S/C15H14BrFN2O2/c1-10-3-2-4-11(7-10)5-6-18-14-8-12(16)13(17)9-15(14)19(20)21/h2-4,7-9,18H,5-6H2,1H3. The number of rotatable bonds is 5. The van der Waals surface area contributed by atoms with Crippen LogP contribution in [0.2, 0.25) is 0 Å². The number of benzene rings is 2. The maximum absolute atomic E-state index is 13.4. The van der Waals surface area contributed by atoms with Crippen LogP contribution in [0.15, 0.2) is 40.9 Å². The molecule has 4 nitrogen and oxygen atoms in total. The summed E-state index contributed by atoms with van der Waals surface area (Å²) in [5.41, 5.74) is 2.36. The first-order valence-corrected chi connectivity index (χ1v) is 7.19. The van der Waals surface area contributed by atoms with E-state index in [2.05, 4.69) is 27.3 Å². The molecule has 0 aliphatic carbocycles. The molecule has 0 fully saturated rings. The Kier molecular flexibility index (Phi) is 4.90. The lowest BCUT2D eigenvalue weighted by atomic mass is 10.1. The van der Waals surface area contributed by atoms with Crippen molar-refractivity contribution in [1.29, 1.82) is 0 Å². The summed E-state index contributed by atoms with van der Waals surface area (Å²) in [6, 6.07) is 10.4. The van der Waals surface area contributed by atoms with Crippen LogP contribution in [0.1, 0.15) is 11.1 Å². The summed E-state index contributed by atoms with van der Waals surface area (Å²) in [5, 5.41) is 13.9. The Morgan fingerprint density at radius 3 is 2.76 bits per heavy atom. The van der Waals surface area contributed by atoms with Gasteiger partial charge < -0.3 is 5.32 Å². The minimum absolute atomic E-state index is 0.200. The summed E-state index contributed by atoms with van der Waals surface area (Å²) in [5.74, 6) is -0.647. The fourth-order valence-electron chi connectivity index (χ4n) is 2.04. The molecule has 0 aliphatic rings. The van der Waals surface area contributed by atoms with Gasteiger partial charge in [-0.3, -0.25) is 10.1 Å². The fourth-order valence-corrected chi connectivity index (χ4v) is 2.38. The number of aryl methyl sites for hydroxylation is 1. The Balaban J connectivity index is 2.09. The third kappa shape index (κ3) is 4.01. The molecule has 0 saturated carbocycles. The number of halogens is 2. The van der Waals surface area contributed by atoms with Crippen LogP contribution < -0.4 is 5.32 Å². The molecule has 0 aliphatic heterocycles. The van der Waals surface area contributed by atoms with Gasteiger partial charge in [0, 0.05) is 6.54 Å². The Bertz CT molecular complexity index is 677. The van der Waals surface area contributed by atoms with Gasteiger partial charge in [0.25, 0.3) is 5.69 Å². The average molecular weight is 353 g/mol. The van der Waals surface area contributed by atoms with E-state index in [0.717, 1.165) is 18.1 Å². The van der Waals surface area contributed by atoms with Gasteiger partial charge in [0.15, 0.2) is 0 Å². The Morgan fingerprint density at radius 2 is 2.10 bits per heavy atom. The highest BCUT2D eigenvalue weighted by Gasteiger charge is 2.17. The van der Waals surface area contributed by atoms with Gasteiger partial charge in [0.2, 0.25) is 0 Å². The van der Waals surface area contributed by atoms with Crippen molar-refractivity contribution in [3.05, 3.63) is 67.9 Å². The molecule has 6 heteroatoms. The summed E-state index contributed by atoms with van der Waals surface area (Å²) in [6.45, 7) is 2.54. The van der Waals surface area contributed by atoms with Crippen molar-refractivity contribution >= 4 is 27.3 Å². The molecule has 2 aromatic rings. The molecule has 0 bridgehead atoms. The van der Waals surface area contributed by atoms with Gasteiger partial charge in [-0.1, -0.05) is 29.8 Å². The molecule has 2 rings (SSSR count). The van der Waals surface area contributed by atoms with Crippen LogP contribution in [0.3, 0.4) is 0 Å². The van der Waals surface area contributed by atoms with Gasteiger partial charge in [-0.05, 0) is 40.9 Å². The molecule has 0 saturated heterocycles. The van der Waals surface area contributed by atoms with Crippen LogP contribution in [-0.2, 0) is 6.42 Å². The topological polar surface area (TPSA) is 55.2 Å². The smallest absolute Gasteiger partial charge is 0.295 e. The number of nitro benzene ring substituents is 1. The zero-order chi connectivity index (χ0) is 15.4. The van der Waals surface area contributed by atoms with E-state index in [1.807, 2.05) is 25.1 Å². The van der Waals surface area contributed by atoms with E-state index in [0.29, 0.717) is 12.2 Å². The molecule has 0 heterocycles. The van der Waals surface area contributed by atoms with E-state index in [4.69, 9.17) is 0 Å². The predicted octanol–water partition coefficient (Wildman–Crippen LogP) is 4.46. The van der Waals surface area contributed by atoms with Crippen LogP contribution in [-0.4, -0.2) is 11.5 Å². The second-order valence-corrected chi connectivity index (χ2v) is 5.56. The van der Waals surface area contributed by atoms with Crippen LogP contribution in [0.25, 0.3) is 0 Å². The number of anilines is 1. The van der Waals surface area contributed by atoms with E-state index in [1.165, 1.54) is 11.6 Å². The van der Waals surface area contributed by atoms with Crippen molar-refractivity contribution in [2.75, 3.05) is 11.9 Å². The molecular formula is C15H14BrFN2O2. The van der Waals surface area contributed by atoms with E-state index in [1.54, 1.807) is 0 Å². The maximum Gasteiger partial charge on any atom is 0.295 e. The largest absolute Gasteiger partial charge is 0.379 e.